The minimum atomic E-state index is -0.263. The second-order valence-electron chi connectivity index (χ2n) is 4.04. The smallest absolute Gasteiger partial charge is 0.238 e. The lowest BCUT2D eigenvalue weighted by Crippen LogP contribution is -2.35. The highest BCUT2D eigenvalue weighted by molar-refractivity contribution is 6.44. The van der Waals surface area contributed by atoms with Crippen LogP contribution in [0.25, 0.3) is 0 Å². The normalized spacial score (nSPS) is 10.7. The van der Waals surface area contributed by atoms with Crippen LogP contribution >= 0.6 is 34.8 Å². The van der Waals surface area contributed by atoms with E-state index in [1.807, 2.05) is 0 Å². The first-order chi connectivity index (χ1) is 9.47. The highest BCUT2D eigenvalue weighted by atomic mass is 35.5. The molecule has 4 nitrogen and oxygen atoms in total. The van der Waals surface area contributed by atoms with E-state index in [9.17, 15) is 4.79 Å². The number of hydrogen-bond acceptors (Lipinski definition) is 3. The van der Waals surface area contributed by atoms with Crippen LogP contribution in [0.2, 0.25) is 15.1 Å². The Bertz CT molecular complexity index is 495. The van der Waals surface area contributed by atoms with Gasteiger partial charge in [-0.1, -0.05) is 40.9 Å². The predicted octanol–water partition coefficient (Wildman–Crippen LogP) is 3.07. The van der Waals surface area contributed by atoms with Crippen molar-refractivity contribution in [1.29, 1.82) is 0 Å². The monoisotopic (exact) mass is 336 g/mol. The molecule has 0 aliphatic rings. The predicted molar refractivity (Wildman–Crippen MR) is 83.8 cm³/mol. The zero-order valence-electron chi connectivity index (χ0n) is 10.7. The van der Waals surface area contributed by atoms with Gasteiger partial charge in [0.15, 0.2) is 0 Å². The van der Waals surface area contributed by atoms with E-state index < -0.39 is 0 Å². The molecule has 2 N–H and O–H groups in total. The van der Waals surface area contributed by atoms with Crippen LogP contribution in [-0.2, 0) is 4.79 Å². The zero-order chi connectivity index (χ0) is 15.1. The average Bonchev–Trinajstić information content (AvgIpc) is 2.36. The fraction of sp³-hybridized carbons (Fsp3) is 0.308. The molecule has 0 saturated heterocycles. The maximum Gasteiger partial charge on any atom is 0.238 e. The van der Waals surface area contributed by atoms with Gasteiger partial charge in [0, 0.05) is 13.1 Å². The Morgan fingerprint density at radius 3 is 2.55 bits per heavy atom. The molecule has 0 spiro atoms. The van der Waals surface area contributed by atoms with Gasteiger partial charge in [-0.3, -0.25) is 9.69 Å². The van der Waals surface area contributed by atoms with Gasteiger partial charge in [0.05, 0.1) is 33.9 Å². The fourth-order valence-electron chi connectivity index (χ4n) is 1.57. The number of halogens is 3. The summed E-state index contributed by atoms with van der Waals surface area (Å²) < 4.78 is 0. The summed E-state index contributed by atoms with van der Waals surface area (Å²) in [7, 11) is 0. The largest absolute Gasteiger partial charge is 0.395 e. The third kappa shape index (κ3) is 5.31. The number of carbonyl (C=O) groups is 1. The van der Waals surface area contributed by atoms with Crippen LogP contribution in [0.5, 0.6) is 0 Å². The molecule has 0 heterocycles. The van der Waals surface area contributed by atoms with Crippen molar-refractivity contribution in [1.82, 2.24) is 4.90 Å². The van der Waals surface area contributed by atoms with Crippen LogP contribution < -0.4 is 5.32 Å². The molecule has 0 aliphatic carbocycles. The number of nitrogens with one attached hydrogen (secondary N) is 1. The number of benzene rings is 1. The number of hydrogen-bond donors (Lipinski definition) is 2. The summed E-state index contributed by atoms with van der Waals surface area (Å²) >= 11 is 17.7. The molecule has 0 aliphatic heterocycles. The van der Waals surface area contributed by atoms with Gasteiger partial charge in [0.2, 0.25) is 5.91 Å². The fourth-order valence-corrected chi connectivity index (χ4v) is 2.16. The van der Waals surface area contributed by atoms with Gasteiger partial charge in [-0.15, -0.1) is 6.58 Å². The average molecular weight is 338 g/mol. The second kappa shape index (κ2) is 8.49. The summed E-state index contributed by atoms with van der Waals surface area (Å²) in [5.74, 6) is -0.263. The number of aliphatic hydroxyl groups excluding tert-OH is 1. The van der Waals surface area contributed by atoms with Gasteiger partial charge in [-0.2, -0.15) is 0 Å². The molecule has 1 amide bonds. The maximum atomic E-state index is 11.9. The van der Waals surface area contributed by atoms with Gasteiger partial charge in [-0.25, -0.2) is 0 Å². The first-order valence-corrected chi connectivity index (χ1v) is 6.99. The van der Waals surface area contributed by atoms with Crippen molar-refractivity contribution >= 4 is 46.4 Å². The Hall–Kier alpha value is -0.780. The minimum absolute atomic E-state index is 0.0331. The molecule has 0 saturated carbocycles. The highest BCUT2D eigenvalue weighted by Crippen LogP contribution is 2.32. The van der Waals surface area contributed by atoms with Gasteiger partial charge < -0.3 is 10.4 Å². The molecule has 0 bridgehead atoms. The van der Waals surface area contributed by atoms with Crippen molar-refractivity contribution in [3.63, 3.8) is 0 Å². The lowest BCUT2D eigenvalue weighted by atomic mass is 10.3. The Morgan fingerprint density at radius 2 is 1.95 bits per heavy atom. The SMILES string of the molecule is C=CCN(CCO)CC(=O)Nc1cc(Cl)c(Cl)cc1Cl. The van der Waals surface area contributed by atoms with Gasteiger partial charge in [0.1, 0.15) is 0 Å². The first kappa shape index (κ1) is 17.3. The summed E-state index contributed by atoms with van der Waals surface area (Å²) in [6, 6.07) is 2.96. The van der Waals surface area contributed by atoms with Crippen molar-refractivity contribution in [3.05, 3.63) is 39.9 Å². The van der Waals surface area contributed by atoms with Gasteiger partial charge in [0.25, 0.3) is 0 Å². The molecule has 0 radical (unpaired) electrons. The lowest BCUT2D eigenvalue weighted by molar-refractivity contribution is -0.117. The zero-order valence-corrected chi connectivity index (χ0v) is 13.0. The first-order valence-electron chi connectivity index (χ1n) is 5.86. The van der Waals surface area contributed by atoms with E-state index in [-0.39, 0.29) is 19.1 Å². The van der Waals surface area contributed by atoms with Crippen LogP contribution in [0.3, 0.4) is 0 Å². The van der Waals surface area contributed by atoms with E-state index in [1.54, 1.807) is 11.0 Å². The Balaban J connectivity index is 2.70. The van der Waals surface area contributed by atoms with E-state index >= 15 is 0 Å². The van der Waals surface area contributed by atoms with Crippen LogP contribution in [-0.4, -0.2) is 42.2 Å². The molecule has 110 valence electrons. The topological polar surface area (TPSA) is 52.6 Å². The maximum absolute atomic E-state index is 11.9. The Kier molecular flexibility index (Phi) is 7.34. The van der Waals surface area contributed by atoms with E-state index in [0.29, 0.717) is 33.8 Å². The van der Waals surface area contributed by atoms with Crippen molar-refractivity contribution in [2.24, 2.45) is 0 Å². The van der Waals surface area contributed by atoms with Crippen molar-refractivity contribution in [2.45, 2.75) is 0 Å². The van der Waals surface area contributed by atoms with Crippen molar-refractivity contribution in [3.8, 4) is 0 Å². The molecule has 1 rings (SSSR count). The third-order valence-corrected chi connectivity index (χ3v) is 3.49. The summed E-state index contributed by atoms with van der Waals surface area (Å²) in [6.07, 6.45) is 1.66. The molecule has 7 heteroatoms. The van der Waals surface area contributed by atoms with E-state index in [1.165, 1.54) is 12.1 Å². The molecule has 20 heavy (non-hydrogen) atoms. The third-order valence-electron chi connectivity index (χ3n) is 2.45. The summed E-state index contributed by atoms with van der Waals surface area (Å²) in [6.45, 7) is 4.57. The summed E-state index contributed by atoms with van der Waals surface area (Å²) in [5.41, 5.74) is 0.397. The van der Waals surface area contributed by atoms with Crippen molar-refractivity contribution in [2.75, 3.05) is 31.6 Å². The number of anilines is 1. The van der Waals surface area contributed by atoms with E-state index in [0.717, 1.165) is 0 Å². The van der Waals surface area contributed by atoms with E-state index in [4.69, 9.17) is 39.9 Å². The van der Waals surface area contributed by atoms with Gasteiger partial charge >= 0.3 is 0 Å². The van der Waals surface area contributed by atoms with Crippen LogP contribution in [0, 0.1) is 0 Å². The molecular weight excluding hydrogens is 323 g/mol. The molecule has 0 unspecified atom stereocenters. The van der Waals surface area contributed by atoms with Crippen molar-refractivity contribution < 1.29 is 9.90 Å². The number of amides is 1. The van der Waals surface area contributed by atoms with E-state index in [2.05, 4.69) is 11.9 Å². The molecule has 0 fully saturated rings. The van der Waals surface area contributed by atoms with Crippen LogP contribution in [0.4, 0.5) is 5.69 Å². The number of aliphatic hydroxyl groups is 1. The molecule has 0 aromatic heterocycles. The molecule has 1 aromatic rings. The minimum Gasteiger partial charge on any atom is -0.395 e. The van der Waals surface area contributed by atoms with Crippen LogP contribution in [0.1, 0.15) is 0 Å². The number of nitrogens with zero attached hydrogens (tertiary/aromatic N) is 1. The molecule has 0 atom stereocenters. The summed E-state index contributed by atoms with van der Waals surface area (Å²) in [5, 5.41) is 12.5. The van der Waals surface area contributed by atoms with Crippen LogP contribution in [0.15, 0.2) is 24.8 Å². The highest BCUT2D eigenvalue weighted by Gasteiger charge is 2.12. The number of carbonyl (C=O) groups excluding carboxylic acids is 1. The standard InChI is InChI=1S/C13H15Cl3N2O2/c1-2-3-18(4-5-19)8-13(20)17-12-7-10(15)9(14)6-11(12)16/h2,6-7,19H,1,3-5,8H2,(H,17,20). The second-order valence-corrected chi connectivity index (χ2v) is 5.26. The molecular formula is C13H15Cl3N2O2. The molecule has 1 aromatic carbocycles. The lowest BCUT2D eigenvalue weighted by Gasteiger charge is -2.19. The Labute approximate surface area is 132 Å². The van der Waals surface area contributed by atoms with Gasteiger partial charge in [-0.05, 0) is 12.1 Å². The quantitative estimate of drug-likeness (QED) is 0.594. The summed E-state index contributed by atoms with van der Waals surface area (Å²) in [4.78, 5) is 13.7. The number of rotatable bonds is 7. The Morgan fingerprint density at radius 1 is 1.30 bits per heavy atom.